The summed E-state index contributed by atoms with van der Waals surface area (Å²) in [5, 5.41) is 3.32. The van der Waals surface area contributed by atoms with Crippen LogP contribution >= 0.6 is 0 Å². The molecule has 1 heterocycles. The SMILES string of the molecule is CCCCCCCCCCc1ccc(C(=O)N(C)[C@@H]2CCNC2)cc1. The highest BCUT2D eigenvalue weighted by Crippen LogP contribution is 2.15. The van der Waals surface area contributed by atoms with Gasteiger partial charge in [0.1, 0.15) is 0 Å². The van der Waals surface area contributed by atoms with Crippen LogP contribution in [0.25, 0.3) is 0 Å². The van der Waals surface area contributed by atoms with Crippen LogP contribution in [0, 0.1) is 0 Å². The van der Waals surface area contributed by atoms with E-state index in [4.69, 9.17) is 0 Å². The topological polar surface area (TPSA) is 32.3 Å². The molecule has 2 rings (SSSR count). The number of aryl methyl sites for hydroxylation is 1. The van der Waals surface area contributed by atoms with E-state index in [-0.39, 0.29) is 5.91 Å². The van der Waals surface area contributed by atoms with E-state index in [1.165, 1.54) is 56.9 Å². The lowest BCUT2D eigenvalue weighted by Crippen LogP contribution is -2.38. The largest absolute Gasteiger partial charge is 0.337 e. The van der Waals surface area contributed by atoms with E-state index in [1.807, 2.05) is 24.1 Å². The van der Waals surface area contributed by atoms with Gasteiger partial charge in [-0.2, -0.15) is 0 Å². The molecule has 140 valence electrons. The summed E-state index contributed by atoms with van der Waals surface area (Å²) in [4.78, 5) is 14.4. The van der Waals surface area contributed by atoms with Crippen molar-refractivity contribution in [3.8, 4) is 0 Å². The second kappa shape index (κ2) is 11.3. The van der Waals surface area contributed by atoms with Gasteiger partial charge in [0.25, 0.3) is 5.91 Å². The van der Waals surface area contributed by atoms with Crippen LogP contribution in [-0.4, -0.2) is 37.0 Å². The Hall–Kier alpha value is -1.35. The number of amides is 1. The average Bonchev–Trinajstić information content (AvgIpc) is 3.18. The third-order valence-corrected chi connectivity index (χ3v) is 5.42. The molecule has 0 radical (unpaired) electrons. The summed E-state index contributed by atoms with van der Waals surface area (Å²) in [6.07, 6.45) is 13.0. The third kappa shape index (κ3) is 6.81. The highest BCUT2D eigenvalue weighted by molar-refractivity contribution is 5.94. The number of nitrogens with one attached hydrogen (secondary N) is 1. The summed E-state index contributed by atoms with van der Waals surface area (Å²) in [6.45, 7) is 4.20. The second-order valence-corrected chi connectivity index (χ2v) is 7.48. The molecule has 1 aromatic carbocycles. The quantitative estimate of drug-likeness (QED) is 0.585. The number of carbonyl (C=O) groups excluding carboxylic acids is 1. The molecule has 0 bridgehead atoms. The third-order valence-electron chi connectivity index (χ3n) is 5.42. The molecule has 1 atom stereocenters. The van der Waals surface area contributed by atoms with Crippen molar-refractivity contribution in [2.75, 3.05) is 20.1 Å². The van der Waals surface area contributed by atoms with Crippen molar-refractivity contribution in [3.63, 3.8) is 0 Å². The van der Waals surface area contributed by atoms with Gasteiger partial charge in [-0.1, -0.05) is 64.0 Å². The molecule has 1 N–H and O–H groups in total. The van der Waals surface area contributed by atoms with Crippen LogP contribution in [0.4, 0.5) is 0 Å². The van der Waals surface area contributed by atoms with Gasteiger partial charge < -0.3 is 10.2 Å². The van der Waals surface area contributed by atoms with Gasteiger partial charge in [-0.15, -0.1) is 0 Å². The van der Waals surface area contributed by atoms with E-state index < -0.39 is 0 Å². The Balaban J connectivity index is 1.66. The maximum Gasteiger partial charge on any atom is 0.253 e. The number of likely N-dealkylation sites (N-methyl/N-ethyl adjacent to an activating group) is 1. The molecule has 0 saturated carbocycles. The maximum absolute atomic E-state index is 12.5. The minimum Gasteiger partial charge on any atom is -0.337 e. The highest BCUT2D eigenvalue weighted by atomic mass is 16.2. The summed E-state index contributed by atoms with van der Waals surface area (Å²) in [5.74, 6) is 0.146. The Morgan fingerprint density at radius 2 is 1.68 bits per heavy atom. The first-order chi connectivity index (χ1) is 12.2. The van der Waals surface area contributed by atoms with Crippen molar-refractivity contribution < 1.29 is 4.79 Å². The fraction of sp³-hybridized carbons (Fsp3) is 0.682. The molecule has 1 amide bonds. The van der Waals surface area contributed by atoms with Gasteiger partial charge in [0.15, 0.2) is 0 Å². The van der Waals surface area contributed by atoms with Gasteiger partial charge in [0.05, 0.1) is 0 Å². The van der Waals surface area contributed by atoms with Crippen LogP contribution in [0.5, 0.6) is 0 Å². The van der Waals surface area contributed by atoms with Gasteiger partial charge in [-0.3, -0.25) is 4.79 Å². The van der Waals surface area contributed by atoms with Crippen molar-refractivity contribution in [2.24, 2.45) is 0 Å². The molecule has 0 aromatic heterocycles. The highest BCUT2D eigenvalue weighted by Gasteiger charge is 2.23. The van der Waals surface area contributed by atoms with Crippen molar-refractivity contribution in [2.45, 2.75) is 77.2 Å². The Bertz CT molecular complexity index is 491. The van der Waals surface area contributed by atoms with Crippen LogP contribution < -0.4 is 5.32 Å². The predicted octanol–water partition coefficient (Wildman–Crippen LogP) is 4.80. The fourth-order valence-electron chi connectivity index (χ4n) is 3.62. The zero-order chi connectivity index (χ0) is 17.9. The zero-order valence-corrected chi connectivity index (χ0v) is 16.2. The molecule has 0 unspecified atom stereocenters. The summed E-state index contributed by atoms with van der Waals surface area (Å²) < 4.78 is 0. The monoisotopic (exact) mass is 344 g/mol. The molecule has 3 heteroatoms. The molecule has 1 fully saturated rings. The van der Waals surface area contributed by atoms with Gasteiger partial charge >= 0.3 is 0 Å². The first-order valence-corrected chi connectivity index (χ1v) is 10.3. The van der Waals surface area contributed by atoms with Gasteiger partial charge in [-0.25, -0.2) is 0 Å². The molecule has 1 saturated heterocycles. The summed E-state index contributed by atoms with van der Waals surface area (Å²) >= 11 is 0. The molecule has 25 heavy (non-hydrogen) atoms. The number of carbonyl (C=O) groups is 1. The molecule has 3 nitrogen and oxygen atoms in total. The van der Waals surface area contributed by atoms with Crippen LogP contribution in [0.15, 0.2) is 24.3 Å². The van der Waals surface area contributed by atoms with Gasteiger partial charge in [0, 0.05) is 25.2 Å². The average molecular weight is 345 g/mol. The number of hydrogen-bond acceptors (Lipinski definition) is 2. The number of nitrogens with zero attached hydrogens (tertiary/aromatic N) is 1. The van der Waals surface area contributed by atoms with E-state index in [1.54, 1.807) is 0 Å². The van der Waals surface area contributed by atoms with Crippen LogP contribution in [0.3, 0.4) is 0 Å². The van der Waals surface area contributed by atoms with Crippen molar-refractivity contribution >= 4 is 5.91 Å². The van der Waals surface area contributed by atoms with E-state index in [0.717, 1.165) is 31.5 Å². The lowest BCUT2D eigenvalue weighted by molar-refractivity contribution is 0.0744. The van der Waals surface area contributed by atoms with Gasteiger partial charge in [0.2, 0.25) is 0 Å². The molecule has 1 aliphatic heterocycles. The minimum absolute atomic E-state index is 0.146. The molecule has 1 aliphatic rings. The molecule has 0 spiro atoms. The first kappa shape index (κ1) is 20.0. The van der Waals surface area contributed by atoms with Gasteiger partial charge in [-0.05, 0) is 43.5 Å². The normalized spacial score (nSPS) is 17.0. The molecular formula is C22H36N2O. The van der Waals surface area contributed by atoms with Crippen molar-refractivity contribution in [1.29, 1.82) is 0 Å². The minimum atomic E-state index is 0.146. The van der Waals surface area contributed by atoms with E-state index in [0.29, 0.717) is 6.04 Å². The van der Waals surface area contributed by atoms with E-state index in [2.05, 4.69) is 24.4 Å². The lowest BCUT2D eigenvalue weighted by Gasteiger charge is -2.23. The Kier molecular flexibility index (Phi) is 9.03. The number of benzene rings is 1. The number of hydrogen-bond donors (Lipinski definition) is 1. The lowest BCUT2D eigenvalue weighted by atomic mass is 10.0. The van der Waals surface area contributed by atoms with Crippen molar-refractivity contribution in [3.05, 3.63) is 35.4 Å². The van der Waals surface area contributed by atoms with Crippen LogP contribution in [0.2, 0.25) is 0 Å². The van der Waals surface area contributed by atoms with Crippen molar-refractivity contribution in [1.82, 2.24) is 10.2 Å². The number of unbranched alkanes of at least 4 members (excludes halogenated alkanes) is 7. The van der Waals surface area contributed by atoms with E-state index in [9.17, 15) is 4.79 Å². The van der Waals surface area contributed by atoms with Crippen LogP contribution in [0.1, 0.15) is 80.6 Å². The van der Waals surface area contributed by atoms with Crippen LogP contribution in [-0.2, 0) is 6.42 Å². The maximum atomic E-state index is 12.5. The molecule has 0 aliphatic carbocycles. The Labute approximate surface area is 154 Å². The standard InChI is InChI=1S/C22H36N2O/c1-3-4-5-6-7-8-9-10-11-19-12-14-20(15-13-19)22(25)24(2)21-16-17-23-18-21/h12-15,21,23H,3-11,16-18H2,1-2H3/t21-/m1/s1. The summed E-state index contributed by atoms with van der Waals surface area (Å²) in [7, 11) is 1.93. The smallest absolute Gasteiger partial charge is 0.253 e. The second-order valence-electron chi connectivity index (χ2n) is 7.48. The molecule has 1 aromatic rings. The fourth-order valence-corrected chi connectivity index (χ4v) is 3.62. The number of rotatable bonds is 11. The van der Waals surface area contributed by atoms with E-state index >= 15 is 0 Å². The zero-order valence-electron chi connectivity index (χ0n) is 16.2. The summed E-state index contributed by atoms with van der Waals surface area (Å²) in [5.41, 5.74) is 2.17. The Morgan fingerprint density at radius 3 is 2.28 bits per heavy atom. The first-order valence-electron chi connectivity index (χ1n) is 10.3. The molecular weight excluding hydrogens is 308 g/mol. The predicted molar refractivity (Wildman–Crippen MR) is 106 cm³/mol. The Morgan fingerprint density at radius 1 is 1.04 bits per heavy atom. The summed E-state index contributed by atoms with van der Waals surface area (Å²) in [6, 6.07) is 8.61.